The van der Waals surface area contributed by atoms with Gasteiger partial charge in [-0.2, -0.15) is 0 Å². The summed E-state index contributed by atoms with van der Waals surface area (Å²) in [4.78, 5) is 11.2. The lowest BCUT2D eigenvalue weighted by Gasteiger charge is -2.33. The van der Waals surface area contributed by atoms with Gasteiger partial charge >= 0.3 is 5.97 Å². The Morgan fingerprint density at radius 1 is 1.30 bits per heavy atom. The van der Waals surface area contributed by atoms with Gasteiger partial charge in [0.1, 0.15) is 0 Å². The summed E-state index contributed by atoms with van der Waals surface area (Å²) in [6, 6.07) is 0.0973. The normalized spacial score (nSPS) is 22.7. The topological polar surface area (TPSA) is 49.3 Å². The van der Waals surface area contributed by atoms with E-state index in [1.807, 2.05) is 20.8 Å². The zero-order valence-corrected chi connectivity index (χ0v) is 12.7. The first-order valence-corrected chi connectivity index (χ1v) is 7.55. The molecule has 2 atom stereocenters. The summed E-state index contributed by atoms with van der Waals surface area (Å²) in [5.41, 5.74) is 0. The third-order valence-electron chi connectivity index (χ3n) is 4.26. The second-order valence-corrected chi connectivity index (χ2v) is 6.56. The Kier molecular flexibility index (Phi) is 6.37. The number of halogens is 2. The zero-order valence-electron chi connectivity index (χ0n) is 12.7. The Labute approximate surface area is 120 Å². The van der Waals surface area contributed by atoms with Gasteiger partial charge in [0.25, 0.3) is 0 Å². The average molecular weight is 291 g/mol. The summed E-state index contributed by atoms with van der Waals surface area (Å²) in [7, 11) is 0. The van der Waals surface area contributed by atoms with Crippen LogP contribution in [0.4, 0.5) is 8.78 Å². The highest BCUT2D eigenvalue weighted by Gasteiger charge is 2.36. The molecule has 0 aliphatic heterocycles. The van der Waals surface area contributed by atoms with Crippen molar-refractivity contribution in [2.45, 2.75) is 64.8 Å². The summed E-state index contributed by atoms with van der Waals surface area (Å²) < 4.78 is 26.2. The summed E-state index contributed by atoms with van der Waals surface area (Å²) in [5.74, 6) is -3.13. The van der Waals surface area contributed by atoms with E-state index >= 15 is 0 Å². The molecule has 2 N–H and O–H groups in total. The molecular weight excluding hydrogens is 264 g/mol. The number of carboxylic acids is 1. The Hall–Kier alpha value is -0.710. The number of carboxylic acid groups (broad SMARTS) is 1. The number of hydrogen-bond acceptors (Lipinski definition) is 2. The molecule has 0 heterocycles. The number of rotatable bonds is 7. The molecule has 0 aromatic rings. The molecule has 5 heteroatoms. The summed E-state index contributed by atoms with van der Waals surface area (Å²) in [5, 5.41) is 12.4. The quantitative estimate of drug-likeness (QED) is 0.754. The molecular formula is C15H27F2NO2. The second-order valence-electron chi connectivity index (χ2n) is 6.56. The minimum absolute atomic E-state index is 0.0436. The van der Waals surface area contributed by atoms with E-state index in [9.17, 15) is 18.7 Å². The molecule has 0 bridgehead atoms. The maximum atomic E-state index is 13.1. The molecule has 118 valence electrons. The first-order valence-electron chi connectivity index (χ1n) is 7.55. The van der Waals surface area contributed by atoms with E-state index in [2.05, 4.69) is 5.32 Å². The van der Waals surface area contributed by atoms with Crippen LogP contribution in [0.15, 0.2) is 0 Å². The maximum absolute atomic E-state index is 13.1. The molecule has 0 aromatic heterocycles. The van der Waals surface area contributed by atoms with Crippen molar-refractivity contribution in [2.75, 3.05) is 6.54 Å². The molecule has 2 unspecified atom stereocenters. The van der Waals surface area contributed by atoms with Crippen LogP contribution in [0.25, 0.3) is 0 Å². The first kappa shape index (κ1) is 17.3. The van der Waals surface area contributed by atoms with Crippen molar-refractivity contribution in [1.29, 1.82) is 0 Å². The fourth-order valence-corrected chi connectivity index (χ4v) is 2.90. The fourth-order valence-electron chi connectivity index (χ4n) is 2.90. The molecule has 1 fully saturated rings. The van der Waals surface area contributed by atoms with Crippen molar-refractivity contribution in [3.63, 3.8) is 0 Å². The largest absolute Gasteiger partial charge is 0.481 e. The third-order valence-corrected chi connectivity index (χ3v) is 4.26. The van der Waals surface area contributed by atoms with Gasteiger partial charge in [0.2, 0.25) is 5.92 Å². The van der Waals surface area contributed by atoms with Gasteiger partial charge in [0.05, 0.1) is 5.92 Å². The van der Waals surface area contributed by atoms with Crippen LogP contribution >= 0.6 is 0 Å². The van der Waals surface area contributed by atoms with E-state index in [1.165, 1.54) is 0 Å². The Morgan fingerprint density at radius 2 is 1.85 bits per heavy atom. The Bertz CT molecular complexity index is 311. The van der Waals surface area contributed by atoms with Gasteiger partial charge in [0.15, 0.2) is 0 Å². The summed E-state index contributed by atoms with van der Waals surface area (Å²) in [6.45, 7) is 6.40. The minimum atomic E-state index is -2.50. The van der Waals surface area contributed by atoms with Crippen LogP contribution in [0, 0.1) is 17.8 Å². The van der Waals surface area contributed by atoms with E-state index in [-0.39, 0.29) is 24.8 Å². The zero-order chi connectivity index (χ0) is 15.3. The van der Waals surface area contributed by atoms with Crippen LogP contribution in [-0.4, -0.2) is 29.6 Å². The monoisotopic (exact) mass is 291 g/mol. The molecule has 0 radical (unpaired) electrons. The lowest BCUT2D eigenvalue weighted by atomic mass is 9.82. The van der Waals surface area contributed by atoms with Crippen LogP contribution in [0.2, 0.25) is 0 Å². The van der Waals surface area contributed by atoms with Crippen LogP contribution in [0.3, 0.4) is 0 Å². The molecule has 20 heavy (non-hydrogen) atoms. The summed E-state index contributed by atoms with van der Waals surface area (Å²) >= 11 is 0. The van der Waals surface area contributed by atoms with Crippen molar-refractivity contribution >= 4 is 5.97 Å². The van der Waals surface area contributed by atoms with Gasteiger partial charge in [-0.1, -0.05) is 13.8 Å². The number of aliphatic carboxylic acids is 1. The van der Waals surface area contributed by atoms with Crippen molar-refractivity contribution in [2.24, 2.45) is 17.8 Å². The Morgan fingerprint density at radius 3 is 2.30 bits per heavy atom. The highest BCUT2D eigenvalue weighted by Crippen LogP contribution is 2.37. The average Bonchev–Trinajstić information content (AvgIpc) is 2.33. The molecule has 1 aliphatic carbocycles. The molecule has 0 aromatic carbocycles. The van der Waals surface area contributed by atoms with Gasteiger partial charge < -0.3 is 10.4 Å². The number of carbonyl (C=O) groups is 1. The molecule has 1 rings (SSSR count). The predicted molar refractivity (Wildman–Crippen MR) is 75.0 cm³/mol. The van der Waals surface area contributed by atoms with E-state index in [0.717, 1.165) is 0 Å². The van der Waals surface area contributed by atoms with E-state index in [0.29, 0.717) is 31.7 Å². The summed E-state index contributed by atoms with van der Waals surface area (Å²) in [6.07, 6.45) is 1.58. The minimum Gasteiger partial charge on any atom is -0.481 e. The van der Waals surface area contributed by atoms with Crippen LogP contribution in [0.1, 0.15) is 52.9 Å². The highest BCUT2D eigenvalue weighted by atomic mass is 19.3. The lowest BCUT2D eigenvalue weighted by molar-refractivity contribution is -0.142. The van der Waals surface area contributed by atoms with Crippen LogP contribution in [-0.2, 0) is 4.79 Å². The van der Waals surface area contributed by atoms with Gasteiger partial charge in [-0.15, -0.1) is 0 Å². The van der Waals surface area contributed by atoms with Crippen molar-refractivity contribution < 1.29 is 18.7 Å². The molecule has 3 nitrogen and oxygen atoms in total. The second kappa shape index (κ2) is 7.34. The van der Waals surface area contributed by atoms with Gasteiger partial charge in [-0.05, 0) is 38.0 Å². The SMILES string of the molecule is CC(C)CC(CNC(C)C1CCC(F)(F)CC1)C(=O)O. The predicted octanol–water partition coefficient (Wildman–Crippen LogP) is 3.54. The number of nitrogens with one attached hydrogen (secondary N) is 1. The van der Waals surface area contributed by atoms with Crippen LogP contribution in [0.5, 0.6) is 0 Å². The van der Waals surface area contributed by atoms with Crippen LogP contribution < -0.4 is 5.32 Å². The molecule has 0 saturated heterocycles. The van der Waals surface area contributed by atoms with E-state index in [1.54, 1.807) is 0 Å². The fraction of sp³-hybridized carbons (Fsp3) is 0.933. The number of hydrogen-bond donors (Lipinski definition) is 2. The molecule has 0 spiro atoms. The number of alkyl halides is 2. The third kappa shape index (κ3) is 5.73. The van der Waals surface area contributed by atoms with Gasteiger partial charge in [-0.25, -0.2) is 8.78 Å². The lowest BCUT2D eigenvalue weighted by Crippen LogP contribution is -2.41. The standard InChI is InChI=1S/C15H27F2NO2/c1-10(2)8-13(14(19)20)9-18-11(3)12-4-6-15(16,17)7-5-12/h10-13,18H,4-9H2,1-3H3,(H,19,20). The van der Waals surface area contributed by atoms with E-state index < -0.39 is 17.8 Å². The maximum Gasteiger partial charge on any atom is 0.307 e. The molecule has 1 aliphatic rings. The molecule has 0 amide bonds. The smallest absolute Gasteiger partial charge is 0.307 e. The van der Waals surface area contributed by atoms with Gasteiger partial charge in [0, 0.05) is 25.4 Å². The van der Waals surface area contributed by atoms with Gasteiger partial charge in [-0.3, -0.25) is 4.79 Å². The Balaban J connectivity index is 2.38. The first-order chi connectivity index (χ1) is 9.21. The highest BCUT2D eigenvalue weighted by molar-refractivity contribution is 5.70. The van der Waals surface area contributed by atoms with Crippen molar-refractivity contribution in [3.05, 3.63) is 0 Å². The van der Waals surface area contributed by atoms with Crippen molar-refractivity contribution in [3.8, 4) is 0 Å². The van der Waals surface area contributed by atoms with Crippen molar-refractivity contribution in [1.82, 2.24) is 5.32 Å². The molecule has 1 saturated carbocycles. The van der Waals surface area contributed by atoms with E-state index in [4.69, 9.17) is 0 Å².